The van der Waals surface area contributed by atoms with Gasteiger partial charge in [0.05, 0.1) is 16.8 Å². The van der Waals surface area contributed by atoms with Gasteiger partial charge in [0.15, 0.2) is 0 Å². The van der Waals surface area contributed by atoms with Gasteiger partial charge in [-0.15, -0.1) is 0 Å². The van der Waals surface area contributed by atoms with Crippen LogP contribution in [0.15, 0.2) is 24.3 Å². The summed E-state index contributed by atoms with van der Waals surface area (Å²) in [6, 6.07) is 5.43. The molecule has 0 unspecified atom stereocenters. The first kappa shape index (κ1) is 11.7. The van der Waals surface area contributed by atoms with Crippen LogP contribution in [0.1, 0.15) is 36.7 Å². The van der Waals surface area contributed by atoms with Crippen molar-refractivity contribution in [1.82, 2.24) is 0 Å². The third-order valence-electron chi connectivity index (χ3n) is 3.46. The van der Waals surface area contributed by atoms with Crippen molar-refractivity contribution in [1.29, 1.82) is 0 Å². The number of likely N-dealkylation sites (N-methyl/N-ethyl adjacent to an activating group) is 1. The highest BCUT2D eigenvalue weighted by molar-refractivity contribution is 5.99. The highest BCUT2D eigenvalue weighted by Crippen LogP contribution is 2.39. The molecule has 1 N–H and O–H groups in total. The van der Waals surface area contributed by atoms with Gasteiger partial charge in [0, 0.05) is 12.6 Å². The summed E-state index contributed by atoms with van der Waals surface area (Å²) >= 11 is 0. The first-order valence-electron chi connectivity index (χ1n) is 5.64. The Hall–Kier alpha value is -1.77. The summed E-state index contributed by atoms with van der Waals surface area (Å²) in [4.78, 5) is 13.3. The average molecular weight is 231 g/mol. The molecule has 90 valence electrons. The van der Waals surface area contributed by atoms with Gasteiger partial charge in [-0.3, -0.25) is 0 Å². The van der Waals surface area contributed by atoms with Crippen LogP contribution in [0.25, 0.3) is 5.57 Å². The predicted molar refractivity (Wildman–Crippen MR) is 69.5 cm³/mol. The van der Waals surface area contributed by atoms with Crippen molar-refractivity contribution in [2.75, 3.05) is 11.9 Å². The normalized spacial score (nSPS) is 17.4. The van der Waals surface area contributed by atoms with Gasteiger partial charge >= 0.3 is 5.97 Å². The Kier molecular flexibility index (Phi) is 2.49. The van der Waals surface area contributed by atoms with E-state index in [9.17, 15) is 9.90 Å². The molecule has 0 fully saturated rings. The number of rotatable bonds is 1. The lowest BCUT2D eigenvalue weighted by molar-refractivity contribution is 0.0697. The van der Waals surface area contributed by atoms with E-state index in [1.165, 1.54) is 0 Å². The largest absolute Gasteiger partial charge is 0.478 e. The van der Waals surface area contributed by atoms with Crippen LogP contribution < -0.4 is 4.90 Å². The molecule has 0 spiro atoms. The number of carboxylic acids is 1. The van der Waals surface area contributed by atoms with Crippen molar-refractivity contribution in [3.8, 4) is 0 Å². The fourth-order valence-corrected chi connectivity index (χ4v) is 2.39. The van der Waals surface area contributed by atoms with Crippen LogP contribution in [0.2, 0.25) is 0 Å². The number of nitrogens with zero attached hydrogens (tertiary/aromatic N) is 1. The first-order valence-corrected chi connectivity index (χ1v) is 5.64. The minimum atomic E-state index is -0.876. The summed E-state index contributed by atoms with van der Waals surface area (Å²) in [5, 5.41) is 9.27. The Morgan fingerprint density at radius 3 is 2.59 bits per heavy atom. The number of hydrogen-bond donors (Lipinski definition) is 1. The van der Waals surface area contributed by atoms with Crippen molar-refractivity contribution in [3.63, 3.8) is 0 Å². The van der Waals surface area contributed by atoms with E-state index in [4.69, 9.17) is 0 Å². The van der Waals surface area contributed by atoms with Crippen LogP contribution in [0.4, 0.5) is 5.69 Å². The Bertz CT molecular complexity index is 515. The molecule has 0 radical (unpaired) electrons. The SMILES string of the molecule is CC1=CC(C)(C)N(C)c2c(C(=O)O)cccc21. The summed E-state index contributed by atoms with van der Waals surface area (Å²) in [6.07, 6.45) is 2.17. The number of carbonyl (C=O) groups is 1. The molecule has 3 heteroatoms. The topological polar surface area (TPSA) is 40.5 Å². The van der Waals surface area contributed by atoms with Crippen molar-refractivity contribution in [2.45, 2.75) is 26.3 Å². The second-order valence-corrected chi connectivity index (χ2v) is 5.05. The minimum absolute atomic E-state index is 0.164. The molecular weight excluding hydrogens is 214 g/mol. The molecule has 0 atom stereocenters. The Morgan fingerprint density at radius 1 is 1.35 bits per heavy atom. The Balaban J connectivity index is 2.75. The van der Waals surface area contributed by atoms with Crippen molar-refractivity contribution >= 4 is 17.2 Å². The Morgan fingerprint density at radius 2 is 2.00 bits per heavy atom. The monoisotopic (exact) mass is 231 g/mol. The maximum atomic E-state index is 11.3. The van der Waals surface area contributed by atoms with E-state index in [0.717, 1.165) is 16.8 Å². The second-order valence-electron chi connectivity index (χ2n) is 5.05. The van der Waals surface area contributed by atoms with Gasteiger partial charge in [-0.1, -0.05) is 18.2 Å². The lowest BCUT2D eigenvalue weighted by atomic mass is 9.87. The molecule has 1 aliphatic heterocycles. The molecule has 0 saturated heterocycles. The summed E-state index contributed by atoms with van der Waals surface area (Å²) in [6.45, 7) is 6.19. The number of benzene rings is 1. The van der Waals surface area contributed by atoms with E-state index in [0.29, 0.717) is 5.56 Å². The number of carboxylic acid groups (broad SMARTS) is 1. The van der Waals surface area contributed by atoms with Crippen LogP contribution in [-0.4, -0.2) is 23.7 Å². The molecule has 1 aromatic carbocycles. The maximum Gasteiger partial charge on any atom is 0.337 e. The van der Waals surface area contributed by atoms with Gasteiger partial charge in [-0.2, -0.15) is 0 Å². The minimum Gasteiger partial charge on any atom is -0.478 e. The average Bonchev–Trinajstić information content (AvgIpc) is 2.24. The molecule has 2 rings (SSSR count). The molecule has 1 heterocycles. The third-order valence-corrected chi connectivity index (χ3v) is 3.46. The van der Waals surface area contributed by atoms with Gasteiger partial charge in [-0.05, 0) is 32.4 Å². The van der Waals surface area contributed by atoms with Gasteiger partial charge in [0.1, 0.15) is 0 Å². The van der Waals surface area contributed by atoms with E-state index in [-0.39, 0.29) is 5.54 Å². The number of anilines is 1. The summed E-state index contributed by atoms with van der Waals surface area (Å²) in [5.74, 6) is -0.876. The molecule has 0 aliphatic carbocycles. The molecule has 0 bridgehead atoms. The van der Waals surface area contributed by atoms with E-state index in [2.05, 4.69) is 19.9 Å². The highest BCUT2D eigenvalue weighted by atomic mass is 16.4. The molecular formula is C14H17NO2. The number of fused-ring (bicyclic) bond motifs is 1. The smallest absolute Gasteiger partial charge is 0.337 e. The van der Waals surface area contributed by atoms with E-state index in [1.807, 2.05) is 24.9 Å². The van der Waals surface area contributed by atoms with E-state index in [1.54, 1.807) is 12.1 Å². The van der Waals surface area contributed by atoms with Gasteiger partial charge in [-0.25, -0.2) is 4.79 Å². The zero-order chi connectivity index (χ0) is 12.8. The quantitative estimate of drug-likeness (QED) is 0.807. The number of aromatic carboxylic acids is 1. The molecule has 3 nitrogen and oxygen atoms in total. The molecule has 0 saturated carbocycles. The fraction of sp³-hybridized carbons (Fsp3) is 0.357. The second kappa shape index (κ2) is 3.62. The highest BCUT2D eigenvalue weighted by Gasteiger charge is 2.31. The number of para-hydroxylation sites is 1. The van der Waals surface area contributed by atoms with Gasteiger partial charge < -0.3 is 10.0 Å². The zero-order valence-corrected chi connectivity index (χ0v) is 10.6. The van der Waals surface area contributed by atoms with E-state index >= 15 is 0 Å². The lowest BCUT2D eigenvalue weighted by Gasteiger charge is -2.41. The van der Waals surface area contributed by atoms with Gasteiger partial charge in [0.25, 0.3) is 0 Å². The standard InChI is InChI=1S/C14H17NO2/c1-9-8-14(2,3)15(4)12-10(9)6-5-7-11(12)13(16)17/h5-8H,1-4H3,(H,16,17). The fourth-order valence-electron chi connectivity index (χ4n) is 2.39. The maximum absolute atomic E-state index is 11.3. The molecule has 1 aromatic rings. The summed E-state index contributed by atoms with van der Waals surface area (Å²) < 4.78 is 0. The van der Waals surface area contributed by atoms with Crippen LogP contribution >= 0.6 is 0 Å². The Labute approximate surface area is 101 Å². The third kappa shape index (κ3) is 1.71. The van der Waals surface area contributed by atoms with Crippen molar-refractivity contribution in [3.05, 3.63) is 35.4 Å². The number of allylic oxidation sites excluding steroid dienone is 1. The van der Waals surface area contributed by atoms with Crippen LogP contribution in [0.5, 0.6) is 0 Å². The zero-order valence-electron chi connectivity index (χ0n) is 10.6. The van der Waals surface area contributed by atoms with Gasteiger partial charge in [0.2, 0.25) is 0 Å². The predicted octanol–water partition coefficient (Wildman–Crippen LogP) is 3.02. The lowest BCUT2D eigenvalue weighted by Crippen LogP contribution is -2.42. The van der Waals surface area contributed by atoms with E-state index < -0.39 is 5.97 Å². The number of hydrogen-bond acceptors (Lipinski definition) is 2. The molecule has 17 heavy (non-hydrogen) atoms. The summed E-state index contributed by atoms with van der Waals surface area (Å²) in [5.41, 5.74) is 3.15. The molecule has 0 aromatic heterocycles. The van der Waals surface area contributed by atoms with Crippen LogP contribution in [0.3, 0.4) is 0 Å². The van der Waals surface area contributed by atoms with Crippen LogP contribution in [-0.2, 0) is 0 Å². The molecule has 1 aliphatic rings. The first-order chi connectivity index (χ1) is 7.84. The molecule has 0 amide bonds. The van der Waals surface area contributed by atoms with Crippen molar-refractivity contribution in [2.24, 2.45) is 0 Å². The van der Waals surface area contributed by atoms with Crippen molar-refractivity contribution < 1.29 is 9.90 Å². The summed E-state index contributed by atoms with van der Waals surface area (Å²) in [7, 11) is 1.94. The van der Waals surface area contributed by atoms with Crippen LogP contribution in [0, 0.1) is 0 Å².